The van der Waals surface area contributed by atoms with Crippen LogP contribution in [0.4, 0.5) is 0 Å². The largest absolute Gasteiger partial charge is 0.370 e. The molecule has 5 heteroatoms. The number of nitrogens with two attached hydrogens (primary N) is 2. The first-order valence-electron chi connectivity index (χ1n) is 9.78. The number of hydrogen-bond donors (Lipinski definition) is 2. The molecule has 2 amide bonds. The first-order chi connectivity index (χ1) is 11.8. The van der Waals surface area contributed by atoms with Gasteiger partial charge in [-0.25, -0.2) is 0 Å². The Hall–Kier alpha value is -1.39. The van der Waals surface area contributed by atoms with Gasteiger partial charge in [0.05, 0.1) is 5.41 Å². The standard InChI is InChI=1S/C20H38N2O3/c1-16(20(3,19(22)25)17(2)14-15-23)12-10-8-6-4-5-7-9-11-13-18(21)24/h15-17H,4-14H2,1-3H3,(H2,21,24)(H2,22,25). The molecule has 0 bridgehead atoms. The number of hydrogen-bond acceptors (Lipinski definition) is 3. The van der Waals surface area contributed by atoms with Crippen molar-refractivity contribution < 1.29 is 14.4 Å². The highest BCUT2D eigenvalue weighted by molar-refractivity contribution is 5.81. The first-order valence-corrected chi connectivity index (χ1v) is 9.78. The number of carbonyl (C=O) groups excluding carboxylic acids is 3. The SMILES string of the molecule is CC(CC=O)C(C)(C(N)=O)C(C)CCCCCCCCCCC(N)=O. The van der Waals surface area contributed by atoms with E-state index in [-0.39, 0.29) is 23.7 Å². The molecular formula is C20H38N2O3. The summed E-state index contributed by atoms with van der Waals surface area (Å²) in [5.41, 5.74) is 10.1. The van der Waals surface area contributed by atoms with Crippen molar-refractivity contribution >= 4 is 18.1 Å². The van der Waals surface area contributed by atoms with Crippen molar-refractivity contribution in [1.29, 1.82) is 0 Å². The zero-order chi connectivity index (χ0) is 19.3. The topological polar surface area (TPSA) is 103 Å². The van der Waals surface area contributed by atoms with Crippen LogP contribution in [0.15, 0.2) is 0 Å². The summed E-state index contributed by atoms with van der Waals surface area (Å²) in [6.45, 7) is 5.92. The third-order valence-electron chi connectivity index (χ3n) is 5.84. The molecule has 0 heterocycles. The lowest BCUT2D eigenvalue weighted by atomic mass is 9.66. The molecule has 3 atom stereocenters. The van der Waals surface area contributed by atoms with E-state index < -0.39 is 5.41 Å². The number of amides is 2. The quantitative estimate of drug-likeness (QED) is 0.326. The van der Waals surface area contributed by atoms with Crippen LogP contribution in [0.1, 0.15) is 91.4 Å². The zero-order valence-corrected chi connectivity index (χ0v) is 16.4. The van der Waals surface area contributed by atoms with Gasteiger partial charge in [0.15, 0.2) is 0 Å². The molecule has 0 rings (SSSR count). The predicted octanol–water partition coefficient (Wildman–Crippen LogP) is 3.73. The van der Waals surface area contributed by atoms with Gasteiger partial charge in [0.1, 0.15) is 6.29 Å². The molecule has 0 saturated carbocycles. The van der Waals surface area contributed by atoms with Gasteiger partial charge in [0.2, 0.25) is 11.8 Å². The van der Waals surface area contributed by atoms with Gasteiger partial charge in [-0.2, -0.15) is 0 Å². The molecule has 0 spiro atoms. The van der Waals surface area contributed by atoms with E-state index in [4.69, 9.17) is 11.5 Å². The zero-order valence-electron chi connectivity index (χ0n) is 16.4. The maximum Gasteiger partial charge on any atom is 0.223 e. The first kappa shape index (κ1) is 23.6. The second-order valence-corrected chi connectivity index (χ2v) is 7.68. The lowest BCUT2D eigenvalue weighted by Gasteiger charge is -2.37. The van der Waals surface area contributed by atoms with Crippen LogP contribution < -0.4 is 11.5 Å². The molecule has 5 nitrogen and oxygen atoms in total. The Morgan fingerprint density at radius 3 is 1.80 bits per heavy atom. The summed E-state index contributed by atoms with van der Waals surface area (Å²) < 4.78 is 0. The van der Waals surface area contributed by atoms with Gasteiger partial charge in [-0.1, -0.05) is 65.7 Å². The molecule has 146 valence electrons. The fraction of sp³-hybridized carbons (Fsp3) is 0.850. The van der Waals surface area contributed by atoms with Gasteiger partial charge in [0, 0.05) is 12.8 Å². The van der Waals surface area contributed by atoms with Crippen molar-refractivity contribution in [2.75, 3.05) is 0 Å². The monoisotopic (exact) mass is 354 g/mol. The van der Waals surface area contributed by atoms with Gasteiger partial charge in [0.25, 0.3) is 0 Å². The summed E-state index contributed by atoms with van der Waals surface area (Å²) in [6.07, 6.45) is 11.7. The average Bonchev–Trinajstić information content (AvgIpc) is 2.55. The van der Waals surface area contributed by atoms with Crippen LogP contribution in [0.3, 0.4) is 0 Å². The Bertz CT molecular complexity index is 412. The van der Waals surface area contributed by atoms with E-state index in [1.807, 2.05) is 13.8 Å². The van der Waals surface area contributed by atoms with E-state index in [2.05, 4.69) is 6.92 Å². The maximum absolute atomic E-state index is 12.0. The van der Waals surface area contributed by atoms with Crippen molar-refractivity contribution in [2.24, 2.45) is 28.7 Å². The van der Waals surface area contributed by atoms with E-state index in [0.717, 1.165) is 44.8 Å². The fourth-order valence-corrected chi connectivity index (χ4v) is 3.47. The number of carbonyl (C=O) groups is 3. The van der Waals surface area contributed by atoms with Crippen LogP contribution in [0.25, 0.3) is 0 Å². The summed E-state index contributed by atoms with van der Waals surface area (Å²) >= 11 is 0. The summed E-state index contributed by atoms with van der Waals surface area (Å²) in [6, 6.07) is 0. The van der Waals surface area contributed by atoms with Crippen molar-refractivity contribution in [1.82, 2.24) is 0 Å². The molecule has 0 radical (unpaired) electrons. The second-order valence-electron chi connectivity index (χ2n) is 7.68. The van der Waals surface area contributed by atoms with Crippen molar-refractivity contribution in [3.05, 3.63) is 0 Å². The second kappa shape index (κ2) is 12.9. The molecule has 0 aromatic carbocycles. The van der Waals surface area contributed by atoms with E-state index in [0.29, 0.717) is 12.8 Å². The third kappa shape index (κ3) is 9.03. The van der Waals surface area contributed by atoms with E-state index >= 15 is 0 Å². The van der Waals surface area contributed by atoms with Crippen LogP contribution in [-0.4, -0.2) is 18.1 Å². The minimum Gasteiger partial charge on any atom is -0.370 e. The number of unbranched alkanes of at least 4 members (excludes halogenated alkanes) is 7. The van der Waals surface area contributed by atoms with Gasteiger partial charge < -0.3 is 16.3 Å². The smallest absolute Gasteiger partial charge is 0.223 e. The van der Waals surface area contributed by atoms with Crippen molar-refractivity contribution in [2.45, 2.75) is 91.4 Å². The lowest BCUT2D eigenvalue weighted by Crippen LogP contribution is -2.45. The van der Waals surface area contributed by atoms with Gasteiger partial charge >= 0.3 is 0 Å². The molecule has 3 unspecified atom stereocenters. The highest BCUT2D eigenvalue weighted by Crippen LogP contribution is 2.39. The van der Waals surface area contributed by atoms with E-state index in [9.17, 15) is 14.4 Å². The average molecular weight is 355 g/mol. The number of primary amides is 2. The molecule has 0 aliphatic carbocycles. The summed E-state index contributed by atoms with van der Waals surface area (Å²) in [5.74, 6) is -0.364. The molecular weight excluding hydrogens is 316 g/mol. The summed E-state index contributed by atoms with van der Waals surface area (Å²) in [4.78, 5) is 33.4. The Balaban J connectivity index is 3.93. The van der Waals surface area contributed by atoms with Gasteiger partial charge in [-0.3, -0.25) is 9.59 Å². The van der Waals surface area contributed by atoms with Crippen LogP contribution in [0.5, 0.6) is 0 Å². The number of aldehydes is 1. The molecule has 4 N–H and O–H groups in total. The Morgan fingerprint density at radius 2 is 1.36 bits per heavy atom. The molecule has 0 fully saturated rings. The highest BCUT2D eigenvalue weighted by Gasteiger charge is 2.41. The highest BCUT2D eigenvalue weighted by atomic mass is 16.1. The van der Waals surface area contributed by atoms with Crippen LogP contribution in [0.2, 0.25) is 0 Å². The molecule has 0 saturated heterocycles. The Morgan fingerprint density at radius 1 is 0.880 bits per heavy atom. The maximum atomic E-state index is 12.0. The molecule has 0 aromatic heterocycles. The molecule has 0 aliphatic rings. The Labute approximate surface area is 153 Å². The van der Waals surface area contributed by atoms with E-state index in [1.165, 1.54) is 19.3 Å². The summed E-state index contributed by atoms with van der Waals surface area (Å²) in [5, 5.41) is 0. The Kier molecular flexibility index (Phi) is 12.2. The lowest BCUT2D eigenvalue weighted by molar-refractivity contribution is -0.133. The predicted molar refractivity (Wildman–Crippen MR) is 102 cm³/mol. The third-order valence-corrected chi connectivity index (χ3v) is 5.84. The fourth-order valence-electron chi connectivity index (χ4n) is 3.47. The minimum absolute atomic E-state index is 0.0297. The van der Waals surface area contributed by atoms with Crippen LogP contribution >= 0.6 is 0 Å². The minimum atomic E-state index is -0.624. The van der Waals surface area contributed by atoms with Crippen molar-refractivity contribution in [3.8, 4) is 0 Å². The normalized spacial score (nSPS) is 16.0. The molecule has 25 heavy (non-hydrogen) atoms. The van der Waals surface area contributed by atoms with Crippen LogP contribution in [-0.2, 0) is 14.4 Å². The molecule has 0 aromatic rings. The van der Waals surface area contributed by atoms with Crippen molar-refractivity contribution in [3.63, 3.8) is 0 Å². The van der Waals surface area contributed by atoms with Gasteiger partial charge in [-0.15, -0.1) is 0 Å². The molecule has 0 aliphatic heterocycles. The summed E-state index contributed by atoms with van der Waals surface area (Å²) in [7, 11) is 0. The van der Waals surface area contributed by atoms with E-state index in [1.54, 1.807) is 0 Å². The van der Waals surface area contributed by atoms with Crippen LogP contribution in [0, 0.1) is 17.3 Å². The number of rotatable bonds is 16. The van der Waals surface area contributed by atoms with Gasteiger partial charge in [-0.05, 0) is 24.7 Å².